The number of unbranched alkanes of at least 4 members (excludes halogenated alkanes) is 1. The molecule has 0 radical (unpaired) electrons. The van der Waals surface area contributed by atoms with Gasteiger partial charge < -0.3 is 9.16 Å². The van der Waals surface area contributed by atoms with Crippen molar-refractivity contribution in [3.63, 3.8) is 0 Å². The fraction of sp³-hybridized carbons (Fsp3) is 0.562. The van der Waals surface area contributed by atoms with E-state index in [1.165, 1.54) is 0 Å². The normalized spacial score (nSPS) is 21.0. The molecule has 9 nitrogen and oxygen atoms in total. The molecule has 0 aromatic heterocycles. The fourth-order valence-corrected chi connectivity index (χ4v) is 11.1. The van der Waals surface area contributed by atoms with Crippen LogP contribution >= 0.6 is 0 Å². The first-order valence-corrected chi connectivity index (χ1v) is 18.0. The number of amides is 1. The molecule has 0 saturated carbocycles. The minimum atomic E-state index is -3.00. The second kappa shape index (κ2) is 14.2. The van der Waals surface area contributed by atoms with Crippen molar-refractivity contribution in [3.8, 4) is 0 Å². The fourth-order valence-electron chi connectivity index (χ4n) is 5.74. The third kappa shape index (κ3) is 7.57. The number of cyclic esters (lactones) is 1. The second-order valence-corrected chi connectivity index (χ2v) is 19.3. The first-order chi connectivity index (χ1) is 20.2. The van der Waals surface area contributed by atoms with Crippen molar-refractivity contribution in [2.24, 2.45) is 9.51 Å². The molecule has 0 bridgehead atoms. The topological polar surface area (TPSA) is 117 Å². The van der Waals surface area contributed by atoms with Crippen LogP contribution in [0.3, 0.4) is 0 Å². The van der Waals surface area contributed by atoms with Gasteiger partial charge in [0.2, 0.25) is 0 Å². The zero-order chi connectivity index (χ0) is 31.9. The lowest BCUT2D eigenvalue weighted by Crippen LogP contribution is -2.70. The molecule has 0 spiro atoms. The van der Waals surface area contributed by atoms with E-state index < -0.39 is 47.9 Å². The van der Waals surface area contributed by atoms with Gasteiger partial charge in [0.25, 0.3) is 8.32 Å². The SMILES string of the molecule is CC[C@@H](O[Si](c1ccccc1)(c1ccccc1)C(C)(C)C)[C@@]1(C)OC(=O)N(CCCCN=[N+]=[N-])[C@@H]1/C=N/[S@@](=O)C(C)(C)C. The molecular weight excluding hydrogens is 579 g/mol. The van der Waals surface area contributed by atoms with Crippen LogP contribution in [0.1, 0.15) is 74.7 Å². The van der Waals surface area contributed by atoms with E-state index in [4.69, 9.17) is 14.7 Å². The lowest BCUT2D eigenvalue weighted by atomic mass is 9.89. The van der Waals surface area contributed by atoms with Gasteiger partial charge in [-0.15, -0.1) is 0 Å². The number of hydrogen-bond acceptors (Lipinski definition) is 5. The van der Waals surface area contributed by atoms with Crippen LogP contribution in [0.5, 0.6) is 0 Å². The maximum Gasteiger partial charge on any atom is 0.411 e. The van der Waals surface area contributed by atoms with Crippen molar-refractivity contribution in [2.45, 2.75) is 102 Å². The standard InChI is InChI=1S/C32H47N5O4SSi/c1-9-28(41-43(31(5,6)7,25-18-12-10-13-19-25)26-20-14-11-15-21-26)32(8)27(24-35-42(39)30(2,3)4)37(29(38)40-32)23-17-16-22-34-36-33/h10-15,18-21,24,27-28H,9,16-17,22-23H2,1-8H3/b35-24+/t27-,28-,32+,42+/m1/s1. The molecule has 1 aliphatic rings. The Morgan fingerprint density at radius 2 is 1.63 bits per heavy atom. The molecule has 1 aliphatic heterocycles. The minimum absolute atomic E-state index is 0.277. The highest BCUT2D eigenvalue weighted by Gasteiger charge is 2.59. The summed E-state index contributed by atoms with van der Waals surface area (Å²) in [7, 11) is -4.52. The van der Waals surface area contributed by atoms with Gasteiger partial charge in [0.15, 0.2) is 5.60 Å². The summed E-state index contributed by atoms with van der Waals surface area (Å²) in [6.45, 7) is 16.9. The Morgan fingerprint density at radius 1 is 1.07 bits per heavy atom. The highest BCUT2D eigenvalue weighted by atomic mass is 32.2. The molecule has 234 valence electrons. The Hall–Kier alpha value is -2.98. The van der Waals surface area contributed by atoms with E-state index in [2.05, 4.69) is 59.5 Å². The molecule has 4 atom stereocenters. The van der Waals surface area contributed by atoms with E-state index in [0.29, 0.717) is 32.4 Å². The van der Waals surface area contributed by atoms with Crippen LogP contribution in [0.4, 0.5) is 4.79 Å². The summed E-state index contributed by atoms with van der Waals surface area (Å²) >= 11 is 0. The number of ether oxygens (including phenoxy) is 1. The van der Waals surface area contributed by atoms with Crippen LogP contribution < -0.4 is 10.4 Å². The predicted molar refractivity (Wildman–Crippen MR) is 178 cm³/mol. The summed E-state index contributed by atoms with van der Waals surface area (Å²) in [6.07, 6.45) is 2.47. The molecule has 0 N–H and O–H groups in total. The Labute approximate surface area is 260 Å². The Morgan fingerprint density at radius 3 is 2.09 bits per heavy atom. The largest absolute Gasteiger partial charge is 0.438 e. The number of hydrogen-bond donors (Lipinski definition) is 0. The summed E-state index contributed by atoms with van der Waals surface area (Å²) in [4.78, 5) is 18.0. The summed E-state index contributed by atoms with van der Waals surface area (Å²) in [5, 5.41) is 5.60. The van der Waals surface area contributed by atoms with Gasteiger partial charge in [0.05, 0.1) is 10.9 Å². The highest BCUT2D eigenvalue weighted by Crippen LogP contribution is 2.42. The number of rotatable bonds is 13. The molecule has 0 unspecified atom stereocenters. The van der Waals surface area contributed by atoms with Crippen LogP contribution in [0.15, 0.2) is 70.2 Å². The van der Waals surface area contributed by atoms with Crippen LogP contribution in [-0.4, -0.2) is 65.3 Å². The molecule has 1 saturated heterocycles. The summed E-state index contributed by atoms with van der Waals surface area (Å²) in [5.41, 5.74) is 7.52. The molecule has 0 aliphatic carbocycles. The number of nitrogens with zero attached hydrogens (tertiary/aromatic N) is 5. The summed E-state index contributed by atoms with van der Waals surface area (Å²) < 4.78 is 30.7. The Kier molecular flexibility index (Phi) is 11.4. The molecule has 1 amide bonds. The maximum absolute atomic E-state index is 13.5. The average molecular weight is 626 g/mol. The zero-order valence-corrected chi connectivity index (χ0v) is 28.6. The summed E-state index contributed by atoms with van der Waals surface area (Å²) in [5.74, 6) is 0. The number of carbonyl (C=O) groups excluding carboxylic acids is 1. The molecule has 3 rings (SSSR count). The predicted octanol–water partition coefficient (Wildman–Crippen LogP) is 6.54. The van der Waals surface area contributed by atoms with Gasteiger partial charge in [-0.3, -0.25) is 4.90 Å². The highest BCUT2D eigenvalue weighted by molar-refractivity contribution is 7.85. The van der Waals surface area contributed by atoms with Crippen LogP contribution in [0, 0.1) is 0 Å². The van der Waals surface area contributed by atoms with E-state index in [1.807, 2.05) is 71.0 Å². The molecule has 1 fully saturated rings. The molecule has 1 heterocycles. The van der Waals surface area contributed by atoms with Crippen molar-refractivity contribution < 1.29 is 18.2 Å². The van der Waals surface area contributed by atoms with Gasteiger partial charge >= 0.3 is 6.09 Å². The molecule has 43 heavy (non-hydrogen) atoms. The second-order valence-electron chi connectivity index (χ2n) is 13.1. The molecule has 2 aromatic rings. The van der Waals surface area contributed by atoms with Gasteiger partial charge in [0, 0.05) is 24.2 Å². The lowest BCUT2D eigenvalue weighted by Gasteiger charge is -2.48. The van der Waals surface area contributed by atoms with Crippen molar-refractivity contribution >= 4 is 42.0 Å². The number of carbonyl (C=O) groups is 1. The van der Waals surface area contributed by atoms with Gasteiger partial charge in [-0.1, -0.05) is 93.5 Å². The maximum atomic E-state index is 13.5. The van der Waals surface area contributed by atoms with Crippen molar-refractivity contribution in [1.29, 1.82) is 0 Å². The molecule has 11 heteroatoms. The average Bonchev–Trinajstić information content (AvgIpc) is 3.20. The third-order valence-corrected chi connectivity index (χ3v) is 14.4. The van der Waals surface area contributed by atoms with E-state index >= 15 is 0 Å². The first-order valence-electron chi connectivity index (χ1n) is 15.0. The molecular formula is C32H47N5O4SSi. The van der Waals surface area contributed by atoms with E-state index in [1.54, 1.807) is 11.1 Å². The van der Waals surface area contributed by atoms with Gasteiger partial charge in [-0.05, 0) is 67.9 Å². The molecule has 2 aromatic carbocycles. The number of benzene rings is 2. The van der Waals surface area contributed by atoms with Crippen molar-refractivity contribution in [2.75, 3.05) is 13.1 Å². The van der Waals surface area contributed by atoms with Crippen LogP contribution in [-0.2, 0) is 20.1 Å². The van der Waals surface area contributed by atoms with Crippen molar-refractivity contribution in [3.05, 3.63) is 71.1 Å². The number of azide groups is 1. The quantitative estimate of drug-likeness (QED) is 0.0627. The lowest BCUT2D eigenvalue weighted by molar-refractivity contribution is -0.0405. The minimum Gasteiger partial charge on any atom is -0.438 e. The van der Waals surface area contributed by atoms with E-state index in [0.717, 1.165) is 10.4 Å². The summed E-state index contributed by atoms with van der Waals surface area (Å²) in [6, 6.07) is 20.1. The first kappa shape index (κ1) is 34.5. The Bertz CT molecular complexity index is 1280. The smallest absolute Gasteiger partial charge is 0.411 e. The van der Waals surface area contributed by atoms with Gasteiger partial charge in [-0.2, -0.15) is 4.40 Å². The van der Waals surface area contributed by atoms with Crippen LogP contribution in [0.2, 0.25) is 5.04 Å². The Balaban J connectivity index is 2.14. The van der Waals surface area contributed by atoms with E-state index in [9.17, 15) is 9.00 Å². The van der Waals surface area contributed by atoms with Gasteiger partial charge in [0.1, 0.15) is 17.0 Å². The van der Waals surface area contributed by atoms with E-state index in [-0.39, 0.29) is 5.04 Å². The van der Waals surface area contributed by atoms with Crippen LogP contribution in [0.25, 0.3) is 10.4 Å². The monoisotopic (exact) mass is 625 g/mol. The van der Waals surface area contributed by atoms with Gasteiger partial charge in [-0.25, -0.2) is 9.00 Å². The third-order valence-electron chi connectivity index (χ3n) is 8.00. The zero-order valence-electron chi connectivity index (χ0n) is 26.8. The van der Waals surface area contributed by atoms with Crippen molar-refractivity contribution in [1.82, 2.24) is 4.90 Å².